The number of methoxy groups -OCH3 is 3. The van der Waals surface area contributed by atoms with Gasteiger partial charge in [0.05, 0.1) is 25.9 Å². The van der Waals surface area contributed by atoms with Gasteiger partial charge in [0.25, 0.3) is 0 Å². The molecule has 1 N–H and O–H groups in total. The molecule has 0 saturated heterocycles. The highest BCUT2D eigenvalue weighted by molar-refractivity contribution is 5.44. The molecule has 0 amide bonds. The Morgan fingerprint density at radius 3 is 2.05 bits per heavy atom. The Morgan fingerprint density at radius 2 is 1.62 bits per heavy atom. The second kappa shape index (κ2) is 8.25. The molecule has 0 aliphatic carbocycles. The number of nitrogens with one attached hydrogen (secondary N) is 1. The van der Waals surface area contributed by atoms with Gasteiger partial charge < -0.3 is 19.5 Å². The minimum Gasteiger partial charge on any atom is -0.493 e. The van der Waals surface area contributed by atoms with Crippen LogP contribution in [0.5, 0.6) is 11.5 Å². The standard InChI is InChI=1S/C17H29NO3/c1-7-17(8-2,21-6)16(18-9-3)13-10-11-14(19-4)15(12-13)20-5/h10-12,16,18H,7-9H2,1-6H3. The normalized spacial score (nSPS) is 13.0. The second-order valence-electron chi connectivity index (χ2n) is 5.08. The number of hydrogen-bond donors (Lipinski definition) is 1. The first kappa shape index (κ1) is 17.8. The van der Waals surface area contributed by atoms with Gasteiger partial charge in [-0.15, -0.1) is 0 Å². The van der Waals surface area contributed by atoms with Crippen LogP contribution in [0.25, 0.3) is 0 Å². The van der Waals surface area contributed by atoms with E-state index in [4.69, 9.17) is 14.2 Å². The molecule has 1 atom stereocenters. The Balaban J connectivity index is 3.27. The smallest absolute Gasteiger partial charge is 0.161 e. The Morgan fingerprint density at radius 1 is 1.00 bits per heavy atom. The Labute approximate surface area is 128 Å². The predicted octanol–water partition coefficient (Wildman–Crippen LogP) is 3.56. The topological polar surface area (TPSA) is 39.7 Å². The van der Waals surface area contributed by atoms with Crippen molar-refractivity contribution < 1.29 is 14.2 Å². The van der Waals surface area contributed by atoms with E-state index in [0.717, 1.165) is 36.4 Å². The molecule has 1 aromatic rings. The maximum Gasteiger partial charge on any atom is 0.161 e. The van der Waals surface area contributed by atoms with Crippen LogP contribution in [0.4, 0.5) is 0 Å². The van der Waals surface area contributed by atoms with E-state index in [-0.39, 0.29) is 11.6 Å². The molecule has 0 aromatic heterocycles. The zero-order valence-electron chi connectivity index (χ0n) is 14.2. The minimum absolute atomic E-state index is 0.113. The number of benzene rings is 1. The molecule has 0 saturated carbocycles. The van der Waals surface area contributed by atoms with Crippen molar-refractivity contribution in [1.29, 1.82) is 0 Å². The van der Waals surface area contributed by atoms with Crippen LogP contribution in [0.15, 0.2) is 18.2 Å². The molecule has 120 valence electrons. The van der Waals surface area contributed by atoms with Crippen molar-refractivity contribution in [2.75, 3.05) is 27.9 Å². The van der Waals surface area contributed by atoms with Gasteiger partial charge in [-0.2, -0.15) is 0 Å². The quantitative estimate of drug-likeness (QED) is 0.756. The van der Waals surface area contributed by atoms with Crippen molar-refractivity contribution in [2.45, 2.75) is 45.3 Å². The van der Waals surface area contributed by atoms with E-state index in [1.54, 1.807) is 21.3 Å². The summed E-state index contributed by atoms with van der Waals surface area (Å²) in [6.45, 7) is 7.32. The highest BCUT2D eigenvalue weighted by Gasteiger charge is 2.36. The van der Waals surface area contributed by atoms with Gasteiger partial charge in [0.1, 0.15) is 0 Å². The number of rotatable bonds is 9. The lowest BCUT2D eigenvalue weighted by atomic mass is 9.83. The van der Waals surface area contributed by atoms with E-state index in [0.29, 0.717) is 0 Å². The fourth-order valence-electron chi connectivity index (χ4n) is 2.91. The third kappa shape index (κ3) is 3.69. The van der Waals surface area contributed by atoms with Crippen LogP contribution in [0, 0.1) is 0 Å². The van der Waals surface area contributed by atoms with Crippen molar-refractivity contribution in [1.82, 2.24) is 5.32 Å². The van der Waals surface area contributed by atoms with E-state index < -0.39 is 0 Å². The van der Waals surface area contributed by atoms with Gasteiger partial charge in [0, 0.05) is 7.11 Å². The molecule has 21 heavy (non-hydrogen) atoms. The van der Waals surface area contributed by atoms with Gasteiger partial charge in [-0.05, 0) is 37.1 Å². The summed E-state index contributed by atoms with van der Waals surface area (Å²) in [6, 6.07) is 6.17. The molecule has 4 nitrogen and oxygen atoms in total. The summed E-state index contributed by atoms with van der Waals surface area (Å²) in [5.41, 5.74) is 0.926. The molecule has 0 bridgehead atoms. The number of hydrogen-bond acceptors (Lipinski definition) is 4. The predicted molar refractivity (Wildman–Crippen MR) is 86.3 cm³/mol. The first-order valence-corrected chi connectivity index (χ1v) is 7.62. The minimum atomic E-state index is -0.227. The van der Waals surface area contributed by atoms with Crippen LogP contribution in [-0.2, 0) is 4.74 Å². The van der Waals surface area contributed by atoms with Crippen molar-refractivity contribution in [3.63, 3.8) is 0 Å². The van der Waals surface area contributed by atoms with Gasteiger partial charge >= 0.3 is 0 Å². The molecular formula is C17H29NO3. The summed E-state index contributed by atoms with van der Waals surface area (Å²) in [4.78, 5) is 0. The highest BCUT2D eigenvalue weighted by atomic mass is 16.5. The van der Waals surface area contributed by atoms with Gasteiger partial charge in [0.15, 0.2) is 11.5 Å². The summed E-state index contributed by atoms with van der Waals surface area (Å²) in [5.74, 6) is 1.49. The molecule has 0 fully saturated rings. The van der Waals surface area contributed by atoms with Crippen LogP contribution in [0.1, 0.15) is 45.2 Å². The van der Waals surface area contributed by atoms with Crippen molar-refractivity contribution in [3.8, 4) is 11.5 Å². The summed E-state index contributed by atoms with van der Waals surface area (Å²) in [5, 5.41) is 3.56. The average Bonchev–Trinajstić information content (AvgIpc) is 2.55. The molecule has 0 aliphatic heterocycles. The van der Waals surface area contributed by atoms with Crippen LogP contribution < -0.4 is 14.8 Å². The maximum absolute atomic E-state index is 5.90. The fourth-order valence-corrected chi connectivity index (χ4v) is 2.91. The molecule has 0 radical (unpaired) electrons. The van der Waals surface area contributed by atoms with E-state index in [1.807, 2.05) is 12.1 Å². The van der Waals surface area contributed by atoms with Crippen LogP contribution >= 0.6 is 0 Å². The molecule has 1 rings (SSSR count). The number of ether oxygens (including phenoxy) is 3. The van der Waals surface area contributed by atoms with Gasteiger partial charge in [-0.3, -0.25) is 0 Å². The van der Waals surface area contributed by atoms with E-state index in [9.17, 15) is 0 Å². The van der Waals surface area contributed by atoms with Crippen LogP contribution in [0.3, 0.4) is 0 Å². The molecule has 0 aliphatic rings. The van der Waals surface area contributed by atoms with E-state index in [1.165, 1.54) is 0 Å². The average molecular weight is 295 g/mol. The largest absolute Gasteiger partial charge is 0.493 e. The maximum atomic E-state index is 5.90. The molecular weight excluding hydrogens is 266 g/mol. The first-order valence-electron chi connectivity index (χ1n) is 7.62. The lowest BCUT2D eigenvalue weighted by Gasteiger charge is -2.39. The Hall–Kier alpha value is -1.26. The fraction of sp³-hybridized carbons (Fsp3) is 0.647. The molecule has 4 heteroatoms. The summed E-state index contributed by atoms with van der Waals surface area (Å²) < 4.78 is 16.6. The summed E-state index contributed by atoms with van der Waals surface area (Å²) >= 11 is 0. The van der Waals surface area contributed by atoms with E-state index in [2.05, 4.69) is 32.2 Å². The first-order chi connectivity index (χ1) is 10.1. The molecule has 0 heterocycles. The monoisotopic (exact) mass is 295 g/mol. The SMILES string of the molecule is CCNC(c1ccc(OC)c(OC)c1)C(CC)(CC)OC. The van der Waals surface area contributed by atoms with Crippen molar-refractivity contribution in [2.24, 2.45) is 0 Å². The van der Waals surface area contributed by atoms with E-state index >= 15 is 0 Å². The lowest BCUT2D eigenvalue weighted by molar-refractivity contribution is -0.0482. The molecule has 1 aromatic carbocycles. The van der Waals surface area contributed by atoms with Crippen molar-refractivity contribution >= 4 is 0 Å². The summed E-state index contributed by atoms with van der Waals surface area (Å²) in [6.07, 6.45) is 1.87. The van der Waals surface area contributed by atoms with Crippen LogP contribution in [-0.4, -0.2) is 33.5 Å². The Kier molecular flexibility index (Phi) is 6.99. The third-order valence-corrected chi connectivity index (χ3v) is 4.28. The highest BCUT2D eigenvalue weighted by Crippen LogP contribution is 2.38. The van der Waals surface area contributed by atoms with Gasteiger partial charge in [-0.25, -0.2) is 0 Å². The van der Waals surface area contributed by atoms with Crippen molar-refractivity contribution in [3.05, 3.63) is 23.8 Å². The summed E-state index contributed by atoms with van der Waals surface area (Å²) in [7, 11) is 5.10. The molecule has 1 unspecified atom stereocenters. The second-order valence-corrected chi connectivity index (χ2v) is 5.08. The lowest BCUT2D eigenvalue weighted by Crippen LogP contribution is -2.44. The van der Waals surface area contributed by atoms with Crippen LogP contribution in [0.2, 0.25) is 0 Å². The zero-order valence-corrected chi connectivity index (χ0v) is 14.2. The number of likely N-dealkylation sites (N-methyl/N-ethyl adjacent to an activating group) is 1. The zero-order chi connectivity index (χ0) is 15.9. The van der Waals surface area contributed by atoms with Gasteiger partial charge in [-0.1, -0.05) is 26.8 Å². The third-order valence-electron chi connectivity index (χ3n) is 4.28. The Bertz CT molecular complexity index is 422. The molecule has 0 spiro atoms. The van der Waals surface area contributed by atoms with Gasteiger partial charge in [0.2, 0.25) is 0 Å².